The quantitative estimate of drug-likeness (QED) is 0.777. The third-order valence-electron chi connectivity index (χ3n) is 2.38. The number of ether oxygens (including phenoxy) is 1. The molecule has 0 aromatic heterocycles. The molecule has 0 amide bonds. The fraction of sp³-hybridized carbons (Fsp3) is 0.0714. The van der Waals surface area contributed by atoms with E-state index in [9.17, 15) is 0 Å². The Morgan fingerprint density at radius 3 is 2.50 bits per heavy atom. The molecule has 0 saturated carbocycles. The molecule has 0 atom stereocenters. The van der Waals surface area contributed by atoms with Crippen molar-refractivity contribution in [2.24, 2.45) is 0 Å². The number of nitrogens with zero attached hydrogens (tertiary/aromatic N) is 1. The first-order valence-electron chi connectivity index (χ1n) is 5.24. The second kappa shape index (κ2) is 5.30. The Bertz CT molecular complexity index is 632. The van der Waals surface area contributed by atoms with Crippen LogP contribution in [0.25, 0.3) is 0 Å². The van der Waals surface area contributed by atoms with E-state index in [2.05, 4.69) is 0 Å². The van der Waals surface area contributed by atoms with Crippen LogP contribution in [0.2, 0.25) is 10.0 Å². The summed E-state index contributed by atoms with van der Waals surface area (Å²) in [5.41, 5.74) is 1.47. The molecule has 0 N–H and O–H groups in total. The van der Waals surface area contributed by atoms with Gasteiger partial charge in [-0.2, -0.15) is 5.26 Å². The van der Waals surface area contributed by atoms with Crippen LogP contribution in [0.15, 0.2) is 36.4 Å². The van der Waals surface area contributed by atoms with E-state index in [0.717, 1.165) is 5.56 Å². The number of benzene rings is 2. The van der Waals surface area contributed by atoms with E-state index in [-0.39, 0.29) is 0 Å². The molecule has 2 rings (SSSR count). The summed E-state index contributed by atoms with van der Waals surface area (Å²) in [4.78, 5) is 0. The van der Waals surface area contributed by atoms with E-state index in [1.807, 2.05) is 25.1 Å². The van der Waals surface area contributed by atoms with Gasteiger partial charge in [-0.15, -0.1) is 0 Å². The first kappa shape index (κ1) is 12.8. The van der Waals surface area contributed by atoms with Gasteiger partial charge < -0.3 is 4.74 Å². The van der Waals surface area contributed by atoms with Gasteiger partial charge in [0.15, 0.2) is 0 Å². The Morgan fingerprint density at radius 1 is 1.06 bits per heavy atom. The predicted molar refractivity (Wildman–Crippen MR) is 72.4 cm³/mol. The molecule has 18 heavy (non-hydrogen) atoms. The molecule has 0 heterocycles. The Morgan fingerprint density at radius 2 is 1.83 bits per heavy atom. The Balaban J connectivity index is 2.32. The van der Waals surface area contributed by atoms with Gasteiger partial charge in [-0.3, -0.25) is 0 Å². The average Bonchev–Trinajstić information content (AvgIpc) is 2.34. The smallest absolute Gasteiger partial charge is 0.146 e. The molecule has 90 valence electrons. The van der Waals surface area contributed by atoms with Crippen LogP contribution in [0.3, 0.4) is 0 Å². The van der Waals surface area contributed by atoms with Crippen molar-refractivity contribution in [2.75, 3.05) is 0 Å². The zero-order chi connectivity index (χ0) is 13.1. The highest BCUT2D eigenvalue weighted by molar-refractivity contribution is 6.32. The highest BCUT2D eigenvalue weighted by atomic mass is 35.5. The summed E-state index contributed by atoms with van der Waals surface area (Å²) in [6.45, 7) is 1.95. The molecule has 0 spiro atoms. The maximum atomic E-state index is 8.78. The lowest BCUT2D eigenvalue weighted by Crippen LogP contribution is -1.87. The molecule has 2 nitrogen and oxygen atoms in total. The van der Waals surface area contributed by atoms with Crippen LogP contribution < -0.4 is 4.74 Å². The average molecular weight is 278 g/mol. The Labute approximate surface area is 115 Å². The van der Waals surface area contributed by atoms with Crippen LogP contribution in [0.5, 0.6) is 11.5 Å². The number of hydrogen-bond donors (Lipinski definition) is 0. The van der Waals surface area contributed by atoms with Crippen LogP contribution in [0.1, 0.15) is 11.1 Å². The second-order valence-corrected chi connectivity index (χ2v) is 4.60. The number of hydrogen-bond acceptors (Lipinski definition) is 2. The lowest BCUT2D eigenvalue weighted by Gasteiger charge is -2.09. The second-order valence-electron chi connectivity index (χ2n) is 3.79. The van der Waals surface area contributed by atoms with Gasteiger partial charge in [-0.25, -0.2) is 0 Å². The van der Waals surface area contributed by atoms with E-state index in [1.165, 1.54) is 0 Å². The van der Waals surface area contributed by atoms with Crippen molar-refractivity contribution in [3.63, 3.8) is 0 Å². The summed E-state index contributed by atoms with van der Waals surface area (Å²) in [6.07, 6.45) is 0. The largest absolute Gasteiger partial charge is 0.456 e. The molecule has 0 aliphatic carbocycles. The van der Waals surface area contributed by atoms with Gasteiger partial charge in [0.05, 0.1) is 15.6 Å². The maximum absolute atomic E-state index is 8.78. The summed E-state index contributed by atoms with van der Waals surface area (Å²) < 4.78 is 5.64. The molecule has 0 radical (unpaired) electrons. The molecule has 0 unspecified atom stereocenters. The topological polar surface area (TPSA) is 33.0 Å². The van der Waals surface area contributed by atoms with Gasteiger partial charge in [0.1, 0.15) is 17.6 Å². The minimum atomic E-state index is 0.360. The summed E-state index contributed by atoms with van der Waals surface area (Å²) >= 11 is 12.0. The minimum Gasteiger partial charge on any atom is -0.456 e. The molecule has 0 fully saturated rings. The van der Waals surface area contributed by atoms with E-state index >= 15 is 0 Å². The Kier molecular flexibility index (Phi) is 3.76. The van der Waals surface area contributed by atoms with Gasteiger partial charge in [0.2, 0.25) is 0 Å². The summed E-state index contributed by atoms with van der Waals surface area (Å²) in [7, 11) is 0. The van der Waals surface area contributed by atoms with Crippen molar-refractivity contribution in [1.29, 1.82) is 5.26 Å². The maximum Gasteiger partial charge on any atom is 0.146 e. The van der Waals surface area contributed by atoms with Crippen molar-refractivity contribution < 1.29 is 4.74 Å². The summed E-state index contributed by atoms with van der Waals surface area (Å²) in [5, 5.41) is 9.67. The van der Waals surface area contributed by atoms with Crippen molar-refractivity contribution in [2.45, 2.75) is 6.92 Å². The van der Waals surface area contributed by atoms with Crippen LogP contribution >= 0.6 is 23.2 Å². The molecule has 0 bridgehead atoms. The van der Waals surface area contributed by atoms with Crippen molar-refractivity contribution >= 4 is 23.2 Å². The van der Waals surface area contributed by atoms with Gasteiger partial charge in [0.25, 0.3) is 0 Å². The lowest BCUT2D eigenvalue weighted by atomic mass is 10.2. The van der Waals surface area contributed by atoms with E-state index in [4.69, 9.17) is 33.2 Å². The third kappa shape index (κ3) is 2.76. The third-order valence-corrected chi connectivity index (χ3v) is 3.00. The fourth-order valence-electron chi connectivity index (χ4n) is 1.47. The number of aryl methyl sites for hydroxylation is 1. The highest BCUT2D eigenvalue weighted by Crippen LogP contribution is 2.31. The molecule has 0 aliphatic rings. The zero-order valence-electron chi connectivity index (χ0n) is 9.58. The monoisotopic (exact) mass is 277 g/mol. The SMILES string of the molecule is Cc1ccc(Cl)c(Oc2ccc(C#N)c(Cl)c2)c1. The number of rotatable bonds is 2. The Hall–Kier alpha value is -1.69. The number of halogens is 2. The van der Waals surface area contributed by atoms with Gasteiger partial charge in [-0.1, -0.05) is 29.3 Å². The molecular weight excluding hydrogens is 269 g/mol. The van der Waals surface area contributed by atoms with E-state index in [1.54, 1.807) is 24.3 Å². The highest BCUT2D eigenvalue weighted by Gasteiger charge is 2.06. The van der Waals surface area contributed by atoms with Crippen LogP contribution in [0, 0.1) is 18.3 Å². The molecule has 0 aliphatic heterocycles. The molecule has 2 aromatic carbocycles. The zero-order valence-corrected chi connectivity index (χ0v) is 11.1. The normalized spacial score (nSPS) is 9.89. The van der Waals surface area contributed by atoms with Crippen LogP contribution in [0.4, 0.5) is 0 Å². The standard InChI is InChI=1S/C14H9Cl2NO/c1-9-2-5-12(15)14(6-9)18-11-4-3-10(8-17)13(16)7-11/h2-7H,1H3. The lowest BCUT2D eigenvalue weighted by molar-refractivity contribution is 0.482. The van der Waals surface area contributed by atoms with Gasteiger partial charge >= 0.3 is 0 Å². The van der Waals surface area contributed by atoms with Gasteiger partial charge in [-0.05, 0) is 36.8 Å². The van der Waals surface area contributed by atoms with Crippen molar-refractivity contribution in [3.8, 4) is 17.6 Å². The predicted octanol–water partition coefficient (Wildman–Crippen LogP) is 4.97. The molecule has 0 saturated heterocycles. The van der Waals surface area contributed by atoms with Crippen LogP contribution in [-0.4, -0.2) is 0 Å². The number of nitriles is 1. The molecular formula is C14H9Cl2NO. The van der Waals surface area contributed by atoms with Crippen molar-refractivity contribution in [3.05, 3.63) is 57.6 Å². The van der Waals surface area contributed by atoms with E-state index < -0.39 is 0 Å². The van der Waals surface area contributed by atoms with E-state index in [0.29, 0.717) is 27.1 Å². The first-order valence-corrected chi connectivity index (χ1v) is 5.99. The van der Waals surface area contributed by atoms with Crippen LogP contribution in [-0.2, 0) is 0 Å². The summed E-state index contributed by atoms with van der Waals surface area (Å²) in [6, 6.07) is 12.4. The first-order chi connectivity index (χ1) is 8.60. The minimum absolute atomic E-state index is 0.360. The van der Waals surface area contributed by atoms with Gasteiger partial charge in [0, 0.05) is 6.07 Å². The van der Waals surface area contributed by atoms with Crippen molar-refractivity contribution in [1.82, 2.24) is 0 Å². The fourth-order valence-corrected chi connectivity index (χ4v) is 1.83. The summed E-state index contributed by atoms with van der Waals surface area (Å²) in [5.74, 6) is 1.11. The molecule has 4 heteroatoms. The molecule has 2 aromatic rings.